The molecule has 1 aliphatic rings. The molecule has 3 rings (SSSR count). The van der Waals surface area contributed by atoms with Gasteiger partial charge in [-0.15, -0.1) is 0 Å². The zero-order valence-electron chi connectivity index (χ0n) is 12.3. The van der Waals surface area contributed by atoms with Crippen LogP contribution in [0.25, 0.3) is 11.0 Å². The Kier molecular flexibility index (Phi) is 3.80. The molecule has 5 nitrogen and oxygen atoms in total. The number of hydrogen-bond donors (Lipinski definition) is 0. The van der Waals surface area contributed by atoms with Gasteiger partial charge < -0.3 is 4.90 Å². The Morgan fingerprint density at radius 1 is 1.36 bits per heavy atom. The van der Waals surface area contributed by atoms with Gasteiger partial charge in [0.15, 0.2) is 0 Å². The van der Waals surface area contributed by atoms with E-state index in [0.717, 1.165) is 6.42 Å². The summed E-state index contributed by atoms with van der Waals surface area (Å²) >= 11 is 0. The molecule has 1 saturated carbocycles. The zero-order valence-corrected chi connectivity index (χ0v) is 12.3. The number of halogens is 2. The largest absolute Gasteiger partial charge is 0.336 e. The quantitative estimate of drug-likeness (QED) is 0.875. The van der Waals surface area contributed by atoms with Gasteiger partial charge in [-0.05, 0) is 40.9 Å². The summed E-state index contributed by atoms with van der Waals surface area (Å²) in [6, 6.07) is 4.11. The lowest BCUT2D eigenvalue weighted by Crippen LogP contribution is -2.50. The van der Waals surface area contributed by atoms with Crippen LogP contribution in [-0.4, -0.2) is 40.1 Å². The second-order valence-electron chi connectivity index (χ2n) is 5.79. The standard InChI is InChI=1S/C15H17F2N3O2/c1-20(13-4-2-3-7-15(13,16)17)14(21)9-10-5-6-11-12(8-10)19-22-18-11/h5-6,8,13H,2-4,7,9H2,1H3. The summed E-state index contributed by atoms with van der Waals surface area (Å²) in [4.78, 5) is 13.5. The van der Waals surface area contributed by atoms with Crippen LogP contribution in [0.4, 0.5) is 8.78 Å². The lowest BCUT2D eigenvalue weighted by Gasteiger charge is -2.37. The Morgan fingerprint density at radius 2 is 2.14 bits per heavy atom. The van der Waals surface area contributed by atoms with Crippen LogP contribution in [-0.2, 0) is 11.2 Å². The van der Waals surface area contributed by atoms with Gasteiger partial charge in [-0.25, -0.2) is 13.4 Å². The predicted molar refractivity (Wildman–Crippen MR) is 75.5 cm³/mol. The van der Waals surface area contributed by atoms with Gasteiger partial charge in [-0.2, -0.15) is 0 Å². The monoisotopic (exact) mass is 309 g/mol. The topological polar surface area (TPSA) is 59.2 Å². The average Bonchev–Trinajstić information content (AvgIpc) is 2.93. The van der Waals surface area contributed by atoms with Crippen LogP contribution < -0.4 is 0 Å². The molecule has 7 heteroatoms. The molecular formula is C15H17F2N3O2. The van der Waals surface area contributed by atoms with E-state index in [-0.39, 0.29) is 18.7 Å². The molecule has 118 valence electrons. The summed E-state index contributed by atoms with van der Waals surface area (Å²) in [7, 11) is 1.46. The minimum absolute atomic E-state index is 0.0614. The lowest BCUT2D eigenvalue weighted by molar-refractivity contribution is -0.147. The van der Waals surface area contributed by atoms with Gasteiger partial charge in [-0.3, -0.25) is 4.79 Å². The minimum atomic E-state index is -2.80. The SMILES string of the molecule is CN(C(=O)Cc1ccc2nonc2c1)C1CCCCC1(F)F. The van der Waals surface area contributed by atoms with Crippen molar-refractivity contribution in [2.24, 2.45) is 0 Å². The first-order valence-corrected chi connectivity index (χ1v) is 7.32. The fourth-order valence-corrected chi connectivity index (χ4v) is 2.96. The smallest absolute Gasteiger partial charge is 0.268 e. The van der Waals surface area contributed by atoms with E-state index in [0.29, 0.717) is 29.4 Å². The van der Waals surface area contributed by atoms with Crippen molar-refractivity contribution >= 4 is 16.9 Å². The molecule has 1 unspecified atom stereocenters. The normalized spacial score (nSPS) is 21.0. The Balaban J connectivity index is 1.72. The maximum absolute atomic E-state index is 14.0. The van der Waals surface area contributed by atoms with Crippen LogP contribution in [0.15, 0.2) is 22.8 Å². The number of likely N-dealkylation sites (N-methyl/N-ethyl adjacent to an activating group) is 1. The summed E-state index contributed by atoms with van der Waals surface area (Å²) < 4.78 is 32.5. The number of carbonyl (C=O) groups is 1. The number of aromatic nitrogens is 2. The second-order valence-corrected chi connectivity index (χ2v) is 5.79. The molecule has 1 aromatic heterocycles. The molecule has 0 saturated heterocycles. The van der Waals surface area contributed by atoms with Crippen LogP contribution in [0.2, 0.25) is 0 Å². The number of rotatable bonds is 3. The van der Waals surface area contributed by atoms with Crippen LogP contribution in [0, 0.1) is 0 Å². The Labute approximate surface area is 126 Å². The highest BCUT2D eigenvalue weighted by Crippen LogP contribution is 2.36. The van der Waals surface area contributed by atoms with E-state index in [4.69, 9.17) is 0 Å². The molecule has 0 aliphatic heterocycles. The number of nitrogens with zero attached hydrogens (tertiary/aromatic N) is 3. The molecule has 2 aromatic rings. The van der Waals surface area contributed by atoms with Crippen molar-refractivity contribution < 1.29 is 18.2 Å². The van der Waals surface area contributed by atoms with Crippen LogP contribution in [0.3, 0.4) is 0 Å². The first kappa shape index (κ1) is 14.9. The van der Waals surface area contributed by atoms with Gasteiger partial charge in [0.25, 0.3) is 5.92 Å². The van der Waals surface area contributed by atoms with Gasteiger partial charge >= 0.3 is 0 Å². The summed E-state index contributed by atoms with van der Waals surface area (Å²) in [5.74, 6) is -3.12. The first-order chi connectivity index (χ1) is 10.5. The van der Waals surface area contributed by atoms with Gasteiger partial charge in [0.2, 0.25) is 5.91 Å². The number of fused-ring (bicyclic) bond motifs is 1. The summed E-state index contributed by atoms with van der Waals surface area (Å²) in [5, 5.41) is 7.40. The predicted octanol–water partition coefficient (Wildman–Crippen LogP) is 2.80. The molecule has 1 aliphatic carbocycles. The molecule has 0 spiro atoms. The highest BCUT2D eigenvalue weighted by molar-refractivity contribution is 5.81. The van der Waals surface area contributed by atoms with E-state index in [1.54, 1.807) is 18.2 Å². The lowest BCUT2D eigenvalue weighted by atomic mass is 9.90. The van der Waals surface area contributed by atoms with Crippen molar-refractivity contribution in [3.8, 4) is 0 Å². The van der Waals surface area contributed by atoms with Crippen molar-refractivity contribution in [1.29, 1.82) is 0 Å². The van der Waals surface area contributed by atoms with E-state index < -0.39 is 12.0 Å². The van der Waals surface area contributed by atoms with E-state index in [1.165, 1.54) is 11.9 Å². The highest BCUT2D eigenvalue weighted by atomic mass is 19.3. The number of benzene rings is 1. The van der Waals surface area contributed by atoms with E-state index in [2.05, 4.69) is 14.9 Å². The fourth-order valence-electron chi connectivity index (χ4n) is 2.96. The van der Waals surface area contributed by atoms with Gasteiger partial charge in [0.05, 0.1) is 12.5 Å². The van der Waals surface area contributed by atoms with Crippen LogP contribution in [0.1, 0.15) is 31.2 Å². The van der Waals surface area contributed by atoms with Crippen LogP contribution in [0.5, 0.6) is 0 Å². The highest BCUT2D eigenvalue weighted by Gasteiger charge is 2.44. The third kappa shape index (κ3) is 2.80. The van der Waals surface area contributed by atoms with Gasteiger partial charge in [-0.1, -0.05) is 12.5 Å². The first-order valence-electron chi connectivity index (χ1n) is 7.32. The van der Waals surface area contributed by atoms with Crippen molar-refractivity contribution in [3.63, 3.8) is 0 Å². The molecule has 1 amide bonds. The Hall–Kier alpha value is -2.05. The minimum Gasteiger partial charge on any atom is -0.336 e. The molecule has 0 N–H and O–H groups in total. The van der Waals surface area contributed by atoms with Crippen molar-refractivity contribution in [2.75, 3.05) is 7.05 Å². The van der Waals surface area contributed by atoms with Crippen molar-refractivity contribution in [2.45, 2.75) is 44.1 Å². The fraction of sp³-hybridized carbons (Fsp3) is 0.533. The third-order valence-corrected chi connectivity index (χ3v) is 4.26. The van der Waals surface area contributed by atoms with Gasteiger partial charge in [0.1, 0.15) is 11.0 Å². The molecule has 22 heavy (non-hydrogen) atoms. The molecule has 1 heterocycles. The maximum atomic E-state index is 14.0. The zero-order chi connectivity index (χ0) is 15.7. The summed E-state index contributed by atoms with van der Waals surface area (Å²) in [6.07, 6.45) is 1.51. The molecule has 1 aromatic carbocycles. The van der Waals surface area contributed by atoms with E-state index >= 15 is 0 Å². The van der Waals surface area contributed by atoms with Crippen molar-refractivity contribution in [1.82, 2.24) is 15.2 Å². The Bertz CT molecular complexity index is 686. The van der Waals surface area contributed by atoms with Gasteiger partial charge in [0, 0.05) is 13.5 Å². The number of hydrogen-bond acceptors (Lipinski definition) is 4. The van der Waals surface area contributed by atoms with Crippen LogP contribution >= 0.6 is 0 Å². The molecule has 0 radical (unpaired) electrons. The average molecular weight is 309 g/mol. The third-order valence-electron chi connectivity index (χ3n) is 4.26. The second kappa shape index (κ2) is 5.62. The maximum Gasteiger partial charge on any atom is 0.268 e. The molecule has 1 atom stereocenters. The van der Waals surface area contributed by atoms with E-state index in [1.807, 2.05) is 0 Å². The summed E-state index contributed by atoms with van der Waals surface area (Å²) in [6.45, 7) is 0. The molecule has 1 fully saturated rings. The molecular weight excluding hydrogens is 292 g/mol. The Morgan fingerprint density at radius 3 is 2.91 bits per heavy atom. The summed E-state index contributed by atoms with van der Waals surface area (Å²) in [5.41, 5.74) is 1.86. The number of carbonyl (C=O) groups excluding carboxylic acids is 1. The molecule has 0 bridgehead atoms. The number of amides is 1. The van der Waals surface area contributed by atoms with Crippen molar-refractivity contribution in [3.05, 3.63) is 23.8 Å². The number of alkyl halides is 2. The van der Waals surface area contributed by atoms with E-state index in [9.17, 15) is 13.6 Å².